The molecule has 0 saturated carbocycles. The summed E-state index contributed by atoms with van der Waals surface area (Å²) in [6.45, 7) is 0. The highest BCUT2D eigenvalue weighted by Crippen LogP contribution is 2.30. The number of aromatic nitrogens is 3. The van der Waals surface area contributed by atoms with Crippen molar-refractivity contribution in [3.8, 4) is 11.1 Å². The molecule has 6 nitrogen and oxygen atoms in total. The molecule has 2 aromatic carbocycles. The summed E-state index contributed by atoms with van der Waals surface area (Å²) in [5, 5.41) is 4.84. The Labute approximate surface area is 154 Å². The van der Waals surface area contributed by atoms with Gasteiger partial charge < -0.3 is 5.73 Å². The van der Waals surface area contributed by atoms with Gasteiger partial charge in [-0.15, -0.1) is 0 Å². The number of rotatable bonds is 3. The fourth-order valence-corrected chi connectivity index (χ4v) is 4.15. The first-order valence-electron chi connectivity index (χ1n) is 7.67. The summed E-state index contributed by atoms with van der Waals surface area (Å²) in [4.78, 5) is 4.37. The zero-order valence-electron chi connectivity index (χ0n) is 13.4. The molecule has 0 spiro atoms. The van der Waals surface area contributed by atoms with E-state index >= 15 is 0 Å². The third-order valence-corrected chi connectivity index (χ3v) is 6.07. The van der Waals surface area contributed by atoms with Crippen LogP contribution in [0.4, 0.5) is 5.82 Å². The van der Waals surface area contributed by atoms with Crippen LogP contribution in [-0.4, -0.2) is 23.0 Å². The van der Waals surface area contributed by atoms with E-state index in [2.05, 4.69) is 10.1 Å². The Balaban J connectivity index is 1.88. The Morgan fingerprint density at radius 2 is 1.65 bits per heavy atom. The van der Waals surface area contributed by atoms with E-state index in [9.17, 15) is 8.42 Å². The number of sulfone groups is 1. The van der Waals surface area contributed by atoms with E-state index in [-0.39, 0.29) is 15.6 Å². The number of hydrogen-bond donors (Lipinski definition) is 1. The van der Waals surface area contributed by atoms with Crippen molar-refractivity contribution in [2.24, 2.45) is 0 Å². The van der Waals surface area contributed by atoms with Gasteiger partial charge in [0, 0.05) is 10.6 Å². The van der Waals surface area contributed by atoms with Gasteiger partial charge in [0.05, 0.1) is 17.3 Å². The van der Waals surface area contributed by atoms with Crippen molar-refractivity contribution < 1.29 is 8.42 Å². The maximum atomic E-state index is 12.8. The predicted molar refractivity (Wildman–Crippen MR) is 99.7 cm³/mol. The van der Waals surface area contributed by atoms with Crippen molar-refractivity contribution in [2.75, 3.05) is 5.73 Å². The lowest BCUT2D eigenvalue weighted by atomic mass is 10.1. The second-order valence-electron chi connectivity index (χ2n) is 5.62. The summed E-state index contributed by atoms with van der Waals surface area (Å²) in [5.41, 5.74) is 8.18. The summed E-state index contributed by atoms with van der Waals surface area (Å²) >= 11 is 5.92. The van der Waals surface area contributed by atoms with Crippen molar-refractivity contribution in [1.29, 1.82) is 0 Å². The van der Waals surface area contributed by atoms with Crippen molar-refractivity contribution in [3.05, 3.63) is 72.0 Å². The molecule has 0 saturated heterocycles. The minimum absolute atomic E-state index is 0.0130. The molecule has 8 heteroatoms. The Kier molecular flexibility index (Phi) is 3.90. The van der Waals surface area contributed by atoms with Gasteiger partial charge in [0.2, 0.25) is 9.84 Å². The summed E-state index contributed by atoms with van der Waals surface area (Å²) in [7, 11) is -3.79. The van der Waals surface area contributed by atoms with Gasteiger partial charge in [0.25, 0.3) is 0 Å². The molecule has 0 radical (unpaired) electrons. The van der Waals surface area contributed by atoms with Crippen molar-refractivity contribution in [2.45, 2.75) is 9.79 Å². The molecule has 4 rings (SSSR count). The van der Waals surface area contributed by atoms with E-state index in [0.717, 1.165) is 11.1 Å². The third kappa shape index (κ3) is 2.61. The zero-order valence-corrected chi connectivity index (χ0v) is 14.9. The molecule has 0 unspecified atom stereocenters. The molecule has 0 aliphatic carbocycles. The molecular formula is C18H13ClN4O2S. The highest BCUT2D eigenvalue weighted by Gasteiger charge is 2.24. The van der Waals surface area contributed by atoms with E-state index in [1.165, 1.54) is 22.8 Å². The van der Waals surface area contributed by atoms with Crippen LogP contribution in [-0.2, 0) is 9.84 Å². The number of anilines is 1. The standard InChI is InChI=1S/C18H13ClN4O2S/c19-13-8-6-12(7-9-13)15-10-22-23-17(20)16(11-21-18(15)23)26(24,25)14-4-2-1-3-5-14/h1-11H,20H2. The van der Waals surface area contributed by atoms with Gasteiger partial charge >= 0.3 is 0 Å². The van der Waals surface area contributed by atoms with Crippen LogP contribution < -0.4 is 5.73 Å². The average molecular weight is 385 g/mol. The SMILES string of the molecule is Nc1c(S(=O)(=O)c2ccccc2)cnc2c(-c3ccc(Cl)cc3)cnn12. The van der Waals surface area contributed by atoms with Gasteiger partial charge in [0.15, 0.2) is 5.65 Å². The molecule has 2 N–H and O–H groups in total. The largest absolute Gasteiger partial charge is 0.382 e. The van der Waals surface area contributed by atoms with E-state index in [0.29, 0.717) is 10.7 Å². The van der Waals surface area contributed by atoms with Crippen molar-refractivity contribution >= 4 is 32.9 Å². The average Bonchev–Trinajstić information content (AvgIpc) is 3.08. The van der Waals surface area contributed by atoms with Crippen LogP contribution in [0.3, 0.4) is 0 Å². The number of nitrogen functional groups attached to an aromatic ring is 1. The quantitative estimate of drug-likeness (QED) is 0.584. The fourth-order valence-electron chi connectivity index (χ4n) is 2.70. The summed E-state index contributed by atoms with van der Waals surface area (Å²) in [6.07, 6.45) is 2.87. The normalized spacial score (nSPS) is 11.7. The smallest absolute Gasteiger partial charge is 0.211 e. The number of halogens is 1. The minimum atomic E-state index is -3.79. The monoisotopic (exact) mass is 384 g/mol. The van der Waals surface area contributed by atoms with Crippen LogP contribution in [0.5, 0.6) is 0 Å². The maximum Gasteiger partial charge on any atom is 0.211 e. The first-order valence-corrected chi connectivity index (χ1v) is 9.53. The number of benzene rings is 2. The van der Waals surface area contributed by atoms with Crippen LogP contribution in [0.25, 0.3) is 16.8 Å². The van der Waals surface area contributed by atoms with Gasteiger partial charge in [-0.2, -0.15) is 9.61 Å². The Hall–Kier alpha value is -2.90. The molecule has 0 aliphatic rings. The number of nitrogens with zero attached hydrogens (tertiary/aromatic N) is 3. The van der Waals surface area contributed by atoms with Gasteiger partial charge in [0.1, 0.15) is 10.7 Å². The number of nitrogens with two attached hydrogens (primary N) is 1. The predicted octanol–water partition coefficient (Wildman–Crippen LogP) is 3.46. The molecule has 0 atom stereocenters. The number of hydrogen-bond acceptors (Lipinski definition) is 5. The lowest BCUT2D eigenvalue weighted by Gasteiger charge is -2.09. The van der Waals surface area contributed by atoms with E-state index in [1.807, 2.05) is 12.1 Å². The maximum absolute atomic E-state index is 12.8. The molecule has 130 valence electrons. The minimum Gasteiger partial charge on any atom is -0.382 e. The van der Waals surface area contributed by atoms with Crippen molar-refractivity contribution in [3.63, 3.8) is 0 Å². The topological polar surface area (TPSA) is 90.4 Å². The summed E-state index contributed by atoms with van der Waals surface area (Å²) in [6, 6.07) is 15.3. The van der Waals surface area contributed by atoms with Crippen LogP contribution in [0.15, 0.2) is 76.8 Å². The third-order valence-electron chi connectivity index (χ3n) is 4.03. The molecule has 0 aliphatic heterocycles. The molecule has 0 bridgehead atoms. The van der Waals surface area contributed by atoms with Crippen LogP contribution in [0.2, 0.25) is 5.02 Å². The van der Waals surface area contributed by atoms with E-state index in [4.69, 9.17) is 17.3 Å². The molecule has 2 aromatic heterocycles. The van der Waals surface area contributed by atoms with Crippen molar-refractivity contribution in [1.82, 2.24) is 14.6 Å². The molecule has 0 amide bonds. The van der Waals surface area contributed by atoms with Crippen LogP contribution in [0.1, 0.15) is 0 Å². The van der Waals surface area contributed by atoms with E-state index < -0.39 is 9.84 Å². The first kappa shape index (κ1) is 16.6. The fraction of sp³-hybridized carbons (Fsp3) is 0. The van der Waals surface area contributed by atoms with Gasteiger partial charge in [-0.1, -0.05) is 41.9 Å². The highest BCUT2D eigenvalue weighted by atomic mass is 35.5. The Bertz CT molecular complexity index is 1200. The molecule has 26 heavy (non-hydrogen) atoms. The summed E-state index contributed by atoms with van der Waals surface area (Å²) in [5.74, 6) is 0.0130. The van der Waals surface area contributed by atoms with E-state index in [1.54, 1.807) is 36.5 Å². The molecule has 0 fully saturated rings. The first-order chi connectivity index (χ1) is 12.5. The van der Waals surface area contributed by atoms with Gasteiger partial charge in [-0.05, 0) is 29.8 Å². The van der Waals surface area contributed by atoms with Gasteiger partial charge in [-0.25, -0.2) is 13.4 Å². The lowest BCUT2D eigenvalue weighted by molar-refractivity contribution is 0.595. The molecule has 2 heterocycles. The Morgan fingerprint density at radius 1 is 0.962 bits per heavy atom. The van der Waals surface area contributed by atoms with Gasteiger partial charge in [-0.3, -0.25) is 0 Å². The number of fused-ring (bicyclic) bond motifs is 1. The second-order valence-corrected chi connectivity index (χ2v) is 7.98. The molecule has 4 aromatic rings. The Morgan fingerprint density at radius 3 is 2.35 bits per heavy atom. The van der Waals surface area contributed by atoms with Crippen LogP contribution >= 0.6 is 11.6 Å². The zero-order chi connectivity index (χ0) is 18.3. The highest BCUT2D eigenvalue weighted by molar-refractivity contribution is 7.91. The molecular weight excluding hydrogens is 372 g/mol. The lowest BCUT2D eigenvalue weighted by Crippen LogP contribution is -2.11. The second kappa shape index (κ2) is 6.12. The van der Waals surface area contributed by atoms with Crippen LogP contribution in [0, 0.1) is 0 Å². The summed E-state index contributed by atoms with van der Waals surface area (Å²) < 4.78 is 27.0.